The van der Waals surface area contributed by atoms with E-state index in [0.29, 0.717) is 6.54 Å². The molecule has 3 aromatic rings. The monoisotopic (exact) mass is 285 g/mol. The maximum Gasteiger partial charge on any atom is 0.241 e. The Hall–Kier alpha value is -2.77. The summed E-state index contributed by atoms with van der Waals surface area (Å²) in [6.07, 6.45) is 4.08. The number of hydrogen-bond acceptors (Lipinski definition) is 5. The van der Waals surface area contributed by atoms with Crippen molar-refractivity contribution in [1.82, 2.24) is 35.1 Å². The lowest BCUT2D eigenvalue weighted by molar-refractivity contribution is -0.121. The van der Waals surface area contributed by atoms with Gasteiger partial charge in [-0.2, -0.15) is 0 Å². The second-order valence-corrected chi connectivity index (χ2v) is 4.64. The molecule has 0 fully saturated rings. The maximum absolute atomic E-state index is 11.6. The third-order valence-electron chi connectivity index (χ3n) is 3.12. The molecule has 0 bridgehead atoms. The van der Waals surface area contributed by atoms with Crippen LogP contribution in [0.1, 0.15) is 6.42 Å². The van der Waals surface area contributed by atoms with Crippen LogP contribution in [0.2, 0.25) is 0 Å². The van der Waals surface area contributed by atoms with Gasteiger partial charge in [0.2, 0.25) is 5.91 Å². The quantitative estimate of drug-likeness (QED) is 0.655. The molecular weight excluding hydrogens is 270 g/mol. The molecule has 0 aliphatic carbocycles. The lowest BCUT2D eigenvalue weighted by Gasteiger charge is -2.06. The molecule has 8 nitrogen and oxygen atoms in total. The number of nitrogens with one attached hydrogen (secondary N) is 1. The molecule has 2 heterocycles. The number of carbonyl (C=O) groups is 1. The third-order valence-corrected chi connectivity index (χ3v) is 3.12. The van der Waals surface area contributed by atoms with Crippen LogP contribution in [-0.2, 0) is 17.9 Å². The van der Waals surface area contributed by atoms with Gasteiger partial charge in [0.1, 0.15) is 12.9 Å². The summed E-state index contributed by atoms with van der Waals surface area (Å²) in [6.45, 7) is 1.56. The lowest BCUT2D eigenvalue weighted by atomic mass is 10.3. The van der Waals surface area contributed by atoms with Crippen LogP contribution < -0.4 is 5.32 Å². The zero-order chi connectivity index (χ0) is 14.5. The zero-order valence-corrected chi connectivity index (χ0v) is 11.4. The van der Waals surface area contributed by atoms with Crippen molar-refractivity contribution >= 4 is 16.9 Å². The molecule has 0 saturated carbocycles. The summed E-state index contributed by atoms with van der Waals surface area (Å²) in [5, 5.41) is 13.4. The van der Waals surface area contributed by atoms with Crippen molar-refractivity contribution in [1.29, 1.82) is 0 Å². The van der Waals surface area contributed by atoms with Crippen LogP contribution in [0.5, 0.6) is 0 Å². The smallest absolute Gasteiger partial charge is 0.241 e. The fourth-order valence-corrected chi connectivity index (χ4v) is 2.12. The van der Waals surface area contributed by atoms with Crippen molar-refractivity contribution in [3.8, 4) is 0 Å². The van der Waals surface area contributed by atoms with Crippen LogP contribution in [0.15, 0.2) is 36.9 Å². The minimum absolute atomic E-state index is 0.0993. The van der Waals surface area contributed by atoms with E-state index in [1.54, 1.807) is 0 Å². The SMILES string of the molecule is O=C(Cn1cnnn1)NCCCn1cnc2ccccc21. The first-order valence-electron chi connectivity index (χ1n) is 6.70. The number of hydrogen-bond donors (Lipinski definition) is 1. The molecule has 0 unspecified atom stereocenters. The topological polar surface area (TPSA) is 90.5 Å². The fraction of sp³-hybridized carbons (Fsp3) is 0.308. The first-order chi connectivity index (χ1) is 10.3. The summed E-state index contributed by atoms with van der Waals surface area (Å²) in [4.78, 5) is 16.0. The summed E-state index contributed by atoms with van der Waals surface area (Å²) < 4.78 is 3.47. The predicted octanol–water partition coefficient (Wildman–Crippen LogP) is 0.229. The standard InChI is InChI=1S/C13H15N7O/c21-13(8-20-10-16-17-18-20)14-6-3-7-19-9-15-11-4-1-2-5-12(11)19/h1-2,4-5,9-10H,3,6-8H2,(H,14,21). The van der Waals surface area contributed by atoms with E-state index in [9.17, 15) is 4.79 Å². The number of tetrazole rings is 1. The zero-order valence-electron chi connectivity index (χ0n) is 11.4. The van der Waals surface area contributed by atoms with E-state index in [4.69, 9.17) is 0 Å². The lowest BCUT2D eigenvalue weighted by Crippen LogP contribution is -2.29. The minimum Gasteiger partial charge on any atom is -0.354 e. The molecule has 0 spiro atoms. The van der Waals surface area contributed by atoms with E-state index in [2.05, 4.69) is 30.4 Å². The number of imidazole rings is 1. The van der Waals surface area contributed by atoms with Crippen LogP contribution >= 0.6 is 0 Å². The van der Waals surface area contributed by atoms with Gasteiger partial charge in [0.25, 0.3) is 0 Å². The molecule has 1 N–H and O–H groups in total. The number of carbonyl (C=O) groups excluding carboxylic acids is 1. The van der Waals surface area contributed by atoms with Gasteiger partial charge in [-0.3, -0.25) is 4.79 Å². The fourth-order valence-electron chi connectivity index (χ4n) is 2.12. The normalized spacial score (nSPS) is 10.9. The summed E-state index contributed by atoms with van der Waals surface area (Å²) in [7, 11) is 0. The highest BCUT2D eigenvalue weighted by atomic mass is 16.2. The number of amides is 1. The van der Waals surface area contributed by atoms with Crippen molar-refractivity contribution in [2.45, 2.75) is 19.5 Å². The van der Waals surface area contributed by atoms with Gasteiger partial charge in [-0.1, -0.05) is 12.1 Å². The maximum atomic E-state index is 11.6. The summed E-state index contributed by atoms with van der Waals surface area (Å²) in [5.74, 6) is -0.0993. The molecule has 0 atom stereocenters. The second kappa shape index (κ2) is 6.12. The number of benzene rings is 1. The highest BCUT2D eigenvalue weighted by Crippen LogP contribution is 2.11. The van der Waals surface area contributed by atoms with Crippen molar-refractivity contribution in [2.75, 3.05) is 6.54 Å². The first-order valence-corrected chi connectivity index (χ1v) is 6.70. The Labute approximate surface area is 120 Å². The number of fused-ring (bicyclic) bond motifs is 1. The molecule has 0 radical (unpaired) electrons. The van der Waals surface area contributed by atoms with Gasteiger partial charge >= 0.3 is 0 Å². The van der Waals surface area contributed by atoms with E-state index in [-0.39, 0.29) is 12.5 Å². The molecule has 0 aliphatic heterocycles. The Kier molecular flexibility index (Phi) is 3.85. The van der Waals surface area contributed by atoms with Gasteiger partial charge in [0.05, 0.1) is 17.4 Å². The Morgan fingerprint density at radius 2 is 2.14 bits per heavy atom. The van der Waals surface area contributed by atoms with Gasteiger partial charge in [0, 0.05) is 13.1 Å². The van der Waals surface area contributed by atoms with Gasteiger partial charge in [-0.25, -0.2) is 9.67 Å². The predicted molar refractivity (Wildman–Crippen MR) is 75.2 cm³/mol. The van der Waals surface area contributed by atoms with Crippen LogP contribution in [0.3, 0.4) is 0 Å². The van der Waals surface area contributed by atoms with E-state index >= 15 is 0 Å². The minimum atomic E-state index is -0.0993. The number of para-hydroxylation sites is 2. The average molecular weight is 285 g/mol. The molecule has 0 aliphatic rings. The number of nitrogens with zero attached hydrogens (tertiary/aromatic N) is 6. The largest absolute Gasteiger partial charge is 0.354 e. The van der Waals surface area contributed by atoms with E-state index in [1.165, 1.54) is 11.0 Å². The van der Waals surface area contributed by atoms with Gasteiger partial charge in [0.15, 0.2) is 0 Å². The van der Waals surface area contributed by atoms with E-state index < -0.39 is 0 Å². The summed E-state index contributed by atoms with van der Waals surface area (Å²) >= 11 is 0. The van der Waals surface area contributed by atoms with Crippen molar-refractivity contribution in [3.63, 3.8) is 0 Å². The first kappa shape index (κ1) is 13.2. The van der Waals surface area contributed by atoms with Crippen LogP contribution in [0.25, 0.3) is 11.0 Å². The Morgan fingerprint density at radius 1 is 1.24 bits per heavy atom. The van der Waals surface area contributed by atoms with Crippen molar-refractivity contribution in [2.24, 2.45) is 0 Å². The molecule has 3 rings (SSSR count). The Bertz CT molecular complexity index is 719. The second-order valence-electron chi connectivity index (χ2n) is 4.64. The van der Waals surface area contributed by atoms with Crippen LogP contribution in [0.4, 0.5) is 0 Å². The molecule has 8 heteroatoms. The number of aryl methyl sites for hydroxylation is 1. The third kappa shape index (κ3) is 3.22. The van der Waals surface area contributed by atoms with Crippen molar-refractivity contribution < 1.29 is 4.79 Å². The highest BCUT2D eigenvalue weighted by molar-refractivity contribution is 5.75. The highest BCUT2D eigenvalue weighted by Gasteiger charge is 2.04. The molecule has 1 aromatic carbocycles. The summed E-state index contributed by atoms with van der Waals surface area (Å²) in [6, 6.07) is 7.99. The summed E-state index contributed by atoms with van der Waals surface area (Å²) in [5.41, 5.74) is 2.10. The van der Waals surface area contributed by atoms with Crippen molar-refractivity contribution in [3.05, 3.63) is 36.9 Å². The molecular formula is C13H15N7O. The molecule has 21 heavy (non-hydrogen) atoms. The number of rotatable bonds is 6. The van der Waals surface area contributed by atoms with Gasteiger partial charge in [-0.15, -0.1) is 5.10 Å². The molecule has 108 valence electrons. The van der Waals surface area contributed by atoms with Crippen LogP contribution in [-0.4, -0.2) is 42.2 Å². The number of aromatic nitrogens is 6. The van der Waals surface area contributed by atoms with E-state index in [1.807, 2.05) is 30.6 Å². The van der Waals surface area contributed by atoms with Crippen LogP contribution in [0, 0.1) is 0 Å². The van der Waals surface area contributed by atoms with Gasteiger partial charge in [-0.05, 0) is 29.0 Å². The molecule has 1 amide bonds. The Balaban J connectivity index is 1.45. The van der Waals surface area contributed by atoms with Gasteiger partial charge < -0.3 is 9.88 Å². The average Bonchev–Trinajstić information content (AvgIpc) is 3.13. The molecule has 0 saturated heterocycles. The van der Waals surface area contributed by atoms with E-state index in [0.717, 1.165) is 24.0 Å². The Morgan fingerprint density at radius 3 is 3.00 bits per heavy atom. The molecule has 2 aromatic heterocycles.